The van der Waals surface area contributed by atoms with Gasteiger partial charge in [0.2, 0.25) is 5.91 Å². The topological polar surface area (TPSA) is 86.6 Å². The van der Waals surface area contributed by atoms with Crippen LogP contribution >= 0.6 is 0 Å². The molecule has 0 bridgehead atoms. The molecule has 0 saturated heterocycles. The van der Waals surface area contributed by atoms with Crippen molar-refractivity contribution in [3.8, 4) is 0 Å². The second-order valence-electron chi connectivity index (χ2n) is 5.70. The Morgan fingerprint density at radius 1 is 1.21 bits per heavy atom. The molecule has 19 heavy (non-hydrogen) atoms. The van der Waals surface area contributed by atoms with Crippen molar-refractivity contribution in [2.75, 3.05) is 13.2 Å². The first-order valence-corrected chi connectivity index (χ1v) is 7.12. The summed E-state index contributed by atoms with van der Waals surface area (Å²) in [5.74, 6) is -0.440. The van der Waals surface area contributed by atoms with Crippen LogP contribution in [0.3, 0.4) is 0 Å². The zero-order valence-corrected chi connectivity index (χ0v) is 11.6. The van der Waals surface area contributed by atoms with E-state index in [-0.39, 0.29) is 31.3 Å². The predicted octanol–water partition coefficient (Wildman–Crippen LogP) is 1.40. The Balaban J connectivity index is 2.26. The molecule has 110 valence electrons. The quantitative estimate of drug-likeness (QED) is 0.653. The number of amides is 1. The standard InChI is InChI=1S/C14H25NO4/c1-10(7-14(18)19)6-13(17)15-8-11-4-2-3-5-12(11)9-16/h10-12,16H,2-9H2,1H3,(H,15,17)(H,18,19). The van der Waals surface area contributed by atoms with E-state index >= 15 is 0 Å². The fraction of sp³-hybridized carbons (Fsp3) is 0.857. The summed E-state index contributed by atoms with van der Waals surface area (Å²) in [4.78, 5) is 22.2. The Hall–Kier alpha value is -1.10. The molecule has 0 aromatic heterocycles. The molecule has 1 amide bonds. The highest BCUT2D eigenvalue weighted by Gasteiger charge is 2.24. The van der Waals surface area contributed by atoms with Gasteiger partial charge in [0.25, 0.3) is 0 Å². The molecule has 1 saturated carbocycles. The van der Waals surface area contributed by atoms with E-state index in [0.717, 1.165) is 25.7 Å². The Labute approximate surface area is 114 Å². The van der Waals surface area contributed by atoms with Crippen LogP contribution in [0.15, 0.2) is 0 Å². The molecule has 1 aliphatic carbocycles. The molecule has 0 radical (unpaired) electrons. The molecule has 1 rings (SSSR count). The Kier molecular flexibility index (Phi) is 6.84. The molecule has 5 heteroatoms. The van der Waals surface area contributed by atoms with Gasteiger partial charge in [-0.25, -0.2) is 0 Å². The first-order chi connectivity index (χ1) is 9.02. The summed E-state index contributed by atoms with van der Waals surface area (Å²) < 4.78 is 0. The lowest BCUT2D eigenvalue weighted by Gasteiger charge is -2.30. The van der Waals surface area contributed by atoms with E-state index in [4.69, 9.17) is 5.11 Å². The highest BCUT2D eigenvalue weighted by Crippen LogP contribution is 2.29. The van der Waals surface area contributed by atoms with Gasteiger partial charge in [-0.05, 0) is 30.6 Å². The van der Waals surface area contributed by atoms with Crippen molar-refractivity contribution in [1.29, 1.82) is 0 Å². The number of carboxylic acids is 1. The highest BCUT2D eigenvalue weighted by atomic mass is 16.4. The van der Waals surface area contributed by atoms with E-state index in [1.54, 1.807) is 6.92 Å². The average molecular weight is 271 g/mol. The summed E-state index contributed by atoms with van der Waals surface area (Å²) in [5, 5.41) is 20.8. The van der Waals surface area contributed by atoms with Gasteiger partial charge < -0.3 is 15.5 Å². The first-order valence-electron chi connectivity index (χ1n) is 7.12. The van der Waals surface area contributed by atoms with E-state index in [1.807, 2.05) is 0 Å². The van der Waals surface area contributed by atoms with Crippen LogP contribution < -0.4 is 5.32 Å². The summed E-state index contributed by atoms with van der Waals surface area (Å²) in [6.45, 7) is 2.56. The molecule has 0 aromatic rings. The van der Waals surface area contributed by atoms with E-state index in [9.17, 15) is 14.7 Å². The minimum Gasteiger partial charge on any atom is -0.481 e. The highest BCUT2D eigenvalue weighted by molar-refractivity contribution is 5.77. The number of aliphatic carboxylic acids is 1. The minimum absolute atomic E-state index is 0.0239. The van der Waals surface area contributed by atoms with Gasteiger partial charge in [0, 0.05) is 26.0 Å². The van der Waals surface area contributed by atoms with Crippen LogP contribution in [-0.4, -0.2) is 35.2 Å². The number of hydrogen-bond donors (Lipinski definition) is 3. The zero-order valence-electron chi connectivity index (χ0n) is 11.6. The third kappa shape index (κ3) is 6.05. The molecule has 0 aliphatic heterocycles. The van der Waals surface area contributed by atoms with Crippen molar-refractivity contribution in [2.24, 2.45) is 17.8 Å². The number of rotatable bonds is 7. The maximum absolute atomic E-state index is 11.7. The van der Waals surface area contributed by atoms with Gasteiger partial charge in [-0.1, -0.05) is 19.8 Å². The molecule has 0 heterocycles. The van der Waals surface area contributed by atoms with Crippen molar-refractivity contribution in [3.05, 3.63) is 0 Å². The molecule has 0 aromatic carbocycles. The normalized spacial score (nSPS) is 24.7. The van der Waals surface area contributed by atoms with Gasteiger partial charge >= 0.3 is 5.97 Å². The number of carbonyl (C=O) groups excluding carboxylic acids is 1. The van der Waals surface area contributed by atoms with Gasteiger partial charge in [0.1, 0.15) is 0 Å². The van der Waals surface area contributed by atoms with Crippen LogP contribution in [0, 0.1) is 17.8 Å². The summed E-state index contributed by atoms with van der Waals surface area (Å²) in [6.07, 6.45) is 4.68. The van der Waals surface area contributed by atoms with Crippen molar-refractivity contribution >= 4 is 11.9 Å². The van der Waals surface area contributed by atoms with Gasteiger partial charge in [0.15, 0.2) is 0 Å². The second kappa shape index (κ2) is 8.15. The molecular formula is C14H25NO4. The summed E-state index contributed by atoms with van der Waals surface area (Å²) in [5.41, 5.74) is 0. The number of carboxylic acid groups (broad SMARTS) is 1. The number of aliphatic hydroxyl groups excluding tert-OH is 1. The monoisotopic (exact) mass is 271 g/mol. The molecule has 5 nitrogen and oxygen atoms in total. The van der Waals surface area contributed by atoms with Crippen molar-refractivity contribution < 1.29 is 19.8 Å². The van der Waals surface area contributed by atoms with Crippen molar-refractivity contribution in [1.82, 2.24) is 5.32 Å². The van der Waals surface area contributed by atoms with Crippen LogP contribution in [0.2, 0.25) is 0 Å². The summed E-state index contributed by atoms with van der Waals surface area (Å²) in [7, 11) is 0. The van der Waals surface area contributed by atoms with Crippen molar-refractivity contribution in [2.45, 2.75) is 45.4 Å². The number of carbonyl (C=O) groups is 2. The fourth-order valence-electron chi connectivity index (χ4n) is 2.80. The van der Waals surface area contributed by atoms with Gasteiger partial charge in [-0.3, -0.25) is 9.59 Å². The fourth-order valence-corrected chi connectivity index (χ4v) is 2.80. The van der Waals surface area contributed by atoms with E-state index in [1.165, 1.54) is 0 Å². The lowest BCUT2D eigenvalue weighted by molar-refractivity contribution is -0.138. The Morgan fingerprint density at radius 2 is 1.84 bits per heavy atom. The smallest absolute Gasteiger partial charge is 0.303 e. The Morgan fingerprint density at radius 3 is 2.42 bits per heavy atom. The summed E-state index contributed by atoms with van der Waals surface area (Å²) >= 11 is 0. The molecule has 3 N–H and O–H groups in total. The summed E-state index contributed by atoms with van der Waals surface area (Å²) in [6, 6.07) is 0. The molecular weight excluding hydrogens is 246 g/mol. The lowest BCUT2D eigenvalue weighted by Crippen LogP contribution is -2.36. The van der Waals surface area contributed by atoms with E-state index in [0.29, 0.717) is 18.4 Å². The number of hydrogen-bond acceptors (Lipinski definition) is 3. The number of aliphatic hydroxyl groups is 1. The molecule has 1 aliphatic rings. The van der Waals surface area contributed by atoms with Crippen LogP contribution in [0.5, 0.6) is 0 Å². The SMILES string of the molecule is CC(CC(=O)O)CC(=O)NCC1CCCCC1CO. The average Bonchev–Trinajstić information content (AvgIpc) is 2.35. The van der Waals surface area contributed by atoms with Gasteiger partial charge in [0.05, 0.1) is 0 Å². The minimum atomic E-state index is -0.868. The zero-order chi connectivity index (χ0) is 14.3. The first kappa shape index (κ1) is 16.0. The third-order valence-electron chi connectivity index (χ3n) is 3.92. The molecule has 3 unspecified atom stereocenters. The van der Waals surface area contributed by atoms with Crippen LogP contribution in [0.4, 0.5) is 0 Å². The molecule has 3 atom stereocenters. The van der Waals surface area contributed by atoms with E-state index in [2.05, 4.69) is 5.32 Å². The Bertz CT molecular complexity index is 306. The van der Waals surface area contributed by atoms with Crippen LogP contribution in [-0.2, 0) is 9.59 Å². The maximum Gasteiger partial charge on any atom is 0.303 e. The third-order valence-corrected chi connectivity index (χ3v) is 3.92. The number of nitrogens with one attached hydrogen (secondary N) is 1. The molecule has 1 fully saturated rings. The lowest BCUT2D eigenvalue weighted by atomic mass is 9.79. The maximum atomic E-state index is 11.7. The van der Waals surface area contributed by atoms with Crippen LogP contribution in [0.1, 0.15) is 45.4 Å². The van der Waals surface area contributed by atoms with Crippen molar-refractivity contribution in [3.63, 3.8) is 0 Å². The van der Waals surface area contributed by atoms with E-state index < -0.39 is 5.97 Å². The van der Waals surface area contributed by atoms with Crippen LogP contribution in [0.25, 0.3) is 0 Å². The second-order valence-corrected chi connectivity index (χ2v) is 5.70. The van der Waals surface area contributed by atoms with Gasteiger partial charge in [-0.15, -0.1) is 0 Å². The van der Waals surface area contributed by atoms with Gasteiger partial charge in [-0.2, -0.15) is 0 Å². The molecule has 0 spiro atoms. The predicted molar refractivity (Wildman–Crippen MR) is 71.6 cm³/mol. The largest absolute Gasteiger partial charge is 0.481 e.